The van der Waals surface area contributed by atoms with E-state index in [2.05, 4.69) is 36.8 Å². The van der Waals surface area contributed by atoms with Crippen molar-refractivity contribution in [2.45, 2.75) is 23.1 Å². The summed E-state index contributed by atoms with van der Waals surface area (Å²) in [4.78, 5) is 4.31. The van der Waals surface area contributed by atoms with Gasteiger partial charge in [0.05, 0.1) is 10.6 Å². The predicted molar refractivity (Wildman–Crippen MR) is 76.7 cm³/mol. The first kappa shape index (κ1) is 15.4. The summed E-state index contributed by atoms with van der Waals surface area (Å²) < 4.78 is 24.0. The smallest absolute Gasteiger partial charge is 0.180 e. The van der Waals surface area contributed by atoms with Gasteiger partial charge in [0, 0.05) is 16.9 Å². The number of hydrogen-bond acceptors (Lipinski definition) is 3. The number of hydrogen-bond donors (Lipinski definition) is 0. The van der Waals surface area contributed by atoms with Crippen molar-refractivity contribution in [1.29, 1.82) is 0 Å². The zero-order valence-corrected chi connectivity index (χ0v) is 13.9. The second-order valence-electron chi connectivity index (χ2n) is 3.41. The molecule has 1 heterocycles. The molecule has 0 amide bonds. The van der Waals surface area contributed by atoms with Gasteiger partial charge >= 0.3 is 0 Å². The van der Waals surface area contributed by atoms with Crippen LogP contribution in [0.15, 0.2) is 21.8 Å². The van der Waals surface area contributed by atoms with E-state index in [4.69, 9.17) is 11.6 Å². The first-order valence-corrected chi connectivity index (χ1v) is 8.90. The van der Waals surface area contributed by atoms with Gasteiger partial charge in [-0.05, 0) is 34.0 Å². The minimum absolute atomic E-state index is 0.0198. The average Bonchev–Trinajstić information content (AvgIpc) is 2.29. The summed E-state index contributed by atoms with van der Waals surface area (Å²) in [5, 5.41) is 0. The summed E-state index contributed by atoms with van der Waals surface area (Å²) >= 11 is 12.3. The highest BCUT2D eigenvalue weighted by Crippen LogP contribution is 2.30. The van der Waals surface area contributed by atoms with Gasteiger partial charge in [-0.15, -0.1) is 11.6 Å². The van der Waals surface area contributed by atoms with Crippen LogP contribution in [0.1, 0.15) is 23.7 Å². The molecule has 0 aliphatic carbocycles. The van der Waals surface area contributed by atoms with Gasteiger partial charge in [-0.1, -0.05) is 22.9 Å². The van der Waals surface area contributed by atoms with Crippen LogP contribution in [0.3, 0.4) is 0 Å². The molecule has 7 heteroatoms. The fourth-order valence-electron chi connectivity index (χ4n) is 1.25. The Labute approximate surface area is 123 Å². The van der Waals surface area contributed by atoms with Crippen molar-refractivity contribution in [2.75, 3.05) is 11.6 Å². The van der Waals surface area contributed by atoms with E-state index in [-0.39, 0.29) is 15.5 Å². The third-order valence-electron chi connectivity index (χ3n) is 2.27. The molecule has 0 aliphatic heterocycles. The molecule has 0 fully saturated rings. The van der Waals surface area contributed by atoms with Crippen molar-refractivity contribution >= 4 is 53.3 Å². The Bertz CT molecular complexity index is 493. The third-order valence-corrected chi connectivity index (χ3v) is 6.11. The first-order valence-electron chi connectivity index (χ1n) is 5.00. The lowest BCUT2D eigenvalue weighted by Crippen LogP contribution is -2.07. The highest BCUT2D eigenvalue weighted by atomic mass is 79.9. The van der Waals surface area contributed by atoms with Crippen molar-refractivity contribution in [1.82, 2.24) is 4.98 Å². The zero-order valence-electron chi connectivity index (χ0n) is 9.16. The van der Waals surface area contributed by atoms with Crippen LogP contribution in [0, 0.1) is 0 Å². The van der Waals surface area contributed by atoms with E-state index in [1.165, 1.54) is 0 Å². The first-order chi connectivity index (χ1) is 7.92. The molecule has 1 aromatic rings. The minimum atomic E-state index is -3.26. The van der Waals surface area contributed by atoms with Crippen LogP contribution in [0.4, 0.5) is 0 Å². The van der Waals surface area contributed by atoms with E-state index in [0.29, 0.717) is 10.5 Å². The van der Waals surface area contributed by atoms with E-state index in [1.807, 2.05) is 0 Å². The number of rotatable bonds is 5. The van der Waals surface area contributed by atoms with E-state index in [0.717, 1.165) is 12.0 Å². The number of alkyl halides is 2. The summed E-state index contributed by atoms with van der Waals surface area (Å²) in [6.07, 6.45) is 2.36. The zero-order chi connectivity index (χ0) is 13.1. The summed E-state index contributed by atoms with van der Waals surface area (Å²) in [6.45, 7) is 1.61. The number of pyridine rings is 1. The van der Waals surface area contributed by atoms with E-state index >= 15 is 0 Å². The average molecular weight is 406 g/mol. The van der Waals surface area contributed by atoms with Gasteiger partial charge in [0.1, 0.15) is 4.60 Å². The van der Waals surface area contributed by atoms with Crippen LogP contribution < -0.4 is 0 Å². The molecule has 0 bridgehead atoms. The Balaban J connectivity index is 3.20. The van der Waals surface area contributed by atoms with Crippen LogP contribution in [-0.4, -0.2) is 25.0 Å². The minimum Gasteiger partial charge on any atom is -0.248 e. The molecular formula is C10H12Br2ClNO2S. The van der Waals surface area contributed by atoms with Gasteiger partial charge in [0.15, 0.2) is 9.84 Å². The highest BCUT2D eigenvalue weighted by molar-refractivity contribution is 9.10. The molecule has 0 N–H and O–H groups in total. The summed E-state index contributed by atoms with van der Waals surface area (Å²) in [7, 11) is -3.26. The fourth-order valence-corrected chi connectivity index (χ4v) is 4.10. The van der Waals surface area contributed by atoms with E-state index < -0.39 is 9.84 Å². The molecule has 1 unspecified atom stereocenters. The monoisotopic (exact) mass is 403 g/mol. The molecule has 3 nitrogen and oxygen atoms in total. The van der Waals surface area contributed by atoms with E-state index in [9.17, 15) is 8.42 Å². The van der Waals surface area contributed by atoms with Gasteiger partial charge in [-0.25, -0.2) is 13.4 Å². The molecule has 0 saturated heterocycles. The van der Waals surface area contributed by atoms with Gasteiger partial charge in [-0.2, -0.15) is 0 Å². The Kier molecular flexibility index (Phi) is 5.89. The quantitative estimate of drug-likeness (QED) is 0.554. The second kappa shape index (κ2) is 6.50. The third kappa shape index (κ3) is 3.91. The summed E-state index contributed by atoms with van der Waals surface area (Å²) in [5.41, 5.74) is 0.820. The Hall–Kier alpha value is 0.350. The second-order valence-corrected chi connectivity index (χ2v) is 7.89. The topological polar surface area (TPSA) is 47.0 Å². The Morgan fingerprint density at radius 3 is 2.71 bits per heavy atom. The number of nitrogens with zero attached hydrogens (tertiary/aromatic N) is 1. The van der Waals surface area contributed by atoms with Crippen molar-refractivity contribution < 1.29 is 8.42 Å². The van der Waals surface area contributed by atoms with E-state index in [1.54, 1.807) is 19.2 Å². The van der Waals surface area contributed by atoms with Gasteiger partial charge < -0.3 is 0 Å². The lowest BCUT2D eigenvalue weighted by Gasteiger charge is -2.11. The van der Waals surface area contributed by atoms with Crippen molar-refractivity contribution in [3.63, 3.8) is 0 Å². The van der Waals surface area contributed by atoms with Crippen molar-refractivity contribution in [3.05, 3.63) is 22.4 Å². The molecule has 0 radical (unpaired) electrons. The number of aromatic nitrogens is 1. The van der Waals surface area contributed by atoms with Crippen LogP contribution in [0.5, 0.6) is 0 Å². The van der Waals surface area contributed by atoms with Gasteiger partial charge in [0.2, 0.25) is 0 Å². The normalized spacial score (nSPS) is 13.6. The maximum absolute atomic E-state index is 11.8. The fraction of sp³-hybridized carbons (Fsp3) is 0.500. The summed E-state index contributed by atoms with van der Waals surface area (Å²) in [6, 6.07) is 1.64. The van der Waals surface area contributed by atoms with Crippen LogP contribution in [0.2, 0.25) is 0 Å². The molecule has 1 rings (SSSR count). The molecule has 1 aromatic heterocycles. The van der Waals surface area contributed by atoms with Crippen molar-refractivity contribution in [3.8, 4) is 0 Å². The largest absolute Gasteiger partial charge is 0.248 e. The molecule has 1 atom stereocenters. The summed E-state index contributed by atoms with van der Waals surface area (Å²) in [5.74, 6) is 0.557. The van der Waals surface area contributed by atoms with Crippen LogP contribution >= 0.6 is 43.5 Å². The predicted octanol–water partition coefficient (Wildman–Crippen LogP) is 3.70. The van der Waals surface area contributed by atoms with Gasteiger partial charge in [0.25, 0.3) is 0 Å². The van der Waals surface area contributed by atoms with Gasteiger partial charge in [-0.3, -0.25) is 0 Å². The molecule has 17 heavy (non-hydrogen) atoms. The SMILES string of the molecule is CCS(=O)(=O)c1cc(C(Br)CCCl)cnc1Br. The standard InChI is InChI=1S/C10H12Br2ClNO2S/c1-2-17(15,16)9-5-7(6-14-10(9)12)8(11)3-4-13/h5-6,8H,2-4H2,1H3. The molecule has 0 saturated carbocycles. The van der Waals surface area contributed by atoms with Crippen LogP contribution in [-0.2, 0) is 9.84 Å². The molecule has 96 valence electrons. The highest BCUT2D eigenvalue weighted by Gasteiger charge is 2.19. The lowest BCUT2D eigenvalue weighted by atomic mass is 10.2. The maximum atomic E-state index is 11.8. The number of halogens is 3. The van der Waals surface area contributed by atoms with Crippen molar-refractivity contribution in [2.24, 2.45) is 0 Å². The molecule has 0 aromatic carbocycles. The Morgan fingerprint density at radius 2 is 2.18 bits per heavy atom. The molecular weight excluding hydrogens is 393 g/mol. The maximum Gasteiger partial charge on any atom is 0.180 e. The molecule has 0 aliphatic rings. The Morgan fingerprint density at radius 1 is 1.53 bits per heavy atom. The number of sulfone groups is 1. The lowest BCUT2D eigenvalue weighted by molar-refractivity contribution is 0.596. The molecule has 0 spiro atoms. The van der Waals surface area contributed by atoms with Crippen LogP contribution in [0.25, 0.3) is 0 Å².